The van der Waals surface area contributed by atoms with Crippen LogP contribution in [0.15, 0.2) is 12.1 Å². The number of benzene rings is 1. The van der Waals surface area contributed by atoms with Crippen LogP contribution in [0.4, 0.5) is 0 Å². The molecular weight excluding hydrogens is 220 g/mol. The smallest absolute Gasteiger partial charge is 0.0233 e. The van der Waals surface area contributed by atoms with Gasteiger partial charge in [0.15, 0.2) is 0 Å². The lowest BCUT2D eigenvalue weighted by Crippen LogP contribution is -2.30. The first-order valence-corrected chi connectivity index (χ1v) is 7.05. The van der Waals surface area contributed by atoms with Crippen LogP contribution in [0, 0.1) is 20.8 Å². The third kappa shape index (κ3) is 3.82. The summed E-state index contributed by atoms with van der Waals surface area (Å²) < 4.78 is 0. The van der Waals surface area contributed by atoms with Gasteiger partial charge in [-0.3, -0.25) is 0 Å². The minimum atomic E-state index is 0.821. The fourth-order valence-corrected chi connectivity index (χ4v) is 2.31. The molecule has 0 heterocycles. The highest BCUT2D eigenvalue weighted by molar-refractivity contribution is 5.36. The fourth-order valence-electron chi connectivity index (χ4n) is 2.31. The molecule has 0 saturated heterocycles. The summed E-state index contributed by atoms with van der Waals surface area (Å²) in [6.45, 7) is 9.91. The Labute approximate surface area is 111 Å². The van der Waals surface area contributed by atoms with Crippen LogP contribution < -0.4 is 5.32 Å². The van der Waals surface area contributed by atoms with Crippen molar-refractivity contribution in [2.75, 3.05) is 20.1 Å². The first-order valence-electron chi connectivity index (χ1n) is 7.05. The van der Waals surface area contributed by atoms with E-state index < -0.39 is 0 Å². The molecule has 1 fully saturated rings. The van der Waals surface area contributed by atoms with Crippen LogP contribution >= 0.6 is 0 Å². The maximum atomic E-state index is 3.57. The van der Waals surface area contributed by atoms with E-state index in [4.69, 9.17) is 0 Å². The highest BCUT2D eigenvalue weighted by atomic mass is 15.1. The van der Waals surface area contributed by atoms with Gasteiger partial charge in [0, 0.05) is 25.7 Å². The lowest BCUT2D eigenvalue weighted by Gasteiger charge is -2.19. The Hall–Kier alpha value is -0.860. The molecular formula is C16H26N2. The van der Waals surface area contributed by atoms with Crippen molar-refractivity contribution in [2.45, 2.75) is 46.2 Å². The molecule has 2 heteroatoms. The van der Waals surface area contributed by atoms with E-state index in [2.05, 4.69) is 50.2 Å². The molecule has 1 N–H and O–H groups in total. The van der Waals surface area contributed by atoms with E-state index in [0.717, 1.165) is 25.7 Å². The minimum Gasteiger partial charge on any atom is -0.313 e. The first kappa shape index (κ1) is 13.6. The van der Waals surface area contributed by atoms with Crippen LogP contribution in [0.5, 0.6) is 0 Å². The third-order valence-corrected chi connectivity index (χ3v) is 3.90. The van der Waals surface area contributed by atoms with Gasteiger partial charge in [-0.2, -0.15) is 0 Å². The number of nitrogens with one attached hydrogen (secondary N) is 1. The van der Waals surface area contributed by atoms with Gasteiger partial charge in [-0.25, -0.2) is 0 Å². The molecule has 18 heavy (non-hydrogen) atoms. The van der Waals surface area contributed by atoms with Crippen molar-refractivity contribution < 1.29 is 0 Å². The molecule has 1 aromatic carbocycles. The molecule has 0 amide bonds. The van der Waals surface area contributed by atoms with Gasteiger partial charge < -0.3 is 10.2 Å². The van der Waals surface area contributed by atoms with E-state index in [9.17, 15) is 0 Å². The molecule has 2 rings (SSSR count). The number of hydrogen-bond acceptors (Lipinski definition) is 2. The number of aryl methyl sites for hydroxylation is 3. The molecule has 1 aliphatic rings. The van der Waals surface area contributed by atoms with Gasteiger partial charge in [-0.15, -0.1) is 0 Å². The average molecular weight is 246 g/mol. The number of nitrogens with zero attached hydrogens (tertiary/aromatic N) is 1. The van der Waals surface area contributed by atoms with E-state index in [-0.39, 0.29) is 0 Å². The topological polar surface area (TPSA) is 15.3 Å². The highest BCUT2D eigenvalue weighted by Crippen LogP contribution is 2.18. The van der Waals surface area contributed by atoms with Gasteiger partial charge in [0.05, 0.1) is 0 Å². The Morgan fingerprint density at radius 1 is 1.11 bits per heavy atom. The zero-order valence-corrected chi connectivity index (χ0v) is 12.2. The molecule has 1 saturated carbocycles. The summed E-state index contributed by atoms with van der Waals surface area (Å²) >= 11 is 0. The monoisotopic (exact) mass is 246 g/mol. The predicted molar refractivity (Wildman–Crippen MR) is 78.0 cm³/mol. The van der Waals surface area contributed by atoms with Crippen molar-refractivity contribution in [1.82, 2.24) is 10.2 Å². The summed E-state index contributed by atoms with van der Waals surface area (Å²) in [6, 6.07) is 5.47. The number of hydrogen-bond donors (Lipinski definition) is 1. The molecule has 0 radical (unpaired) electrons. The van der Waals surface area contributed by atoms with Gasteiger partial charge in [0.1, 0.15) is 0 Å². The lowest BCUT2D eigenvalue weighted by atomic mass is 10.0. The van der Waals surface area contributed by atoms with Gasteiger partial charge in [0.25, 0.3) is 0 Å². The molecule has 0 aromatic heterocycles. The van der Waals surface area contributed by atoms with Crippen LogP contribution in [0.2, 0.25) is 0 Å². The minimum absolute atomic E-state index is 0.821. The zero-order chi connectivity index (χ0) is 13.1. The van der Waals surface area contributed by atoms with Gasteiger partial charge >= 0.3 is 0 Å². The SMILES string of the molecule is Cc1cc(C)c(CN(C)CCNC2CC2)cc1C. The van der Waals surface area contributed by atoms with Crippen molar-refractivity contribution in [3.8, 4) is 0 Å². The van der Waals surface area contributed by atoms with Crippen LogP contribution in [0.3, 0.4) is 0 Å². The quantitative estimate of drug-likeness (QED) is 0.830. The summed E-state index contributed by atoms with van der Waals surface area (Å²) in [4.78, 5) is 2.41. The Bertz CT molecular complexity index is 408. The zero-order valence-electron chi connectivity index (χ0n) is 12.2. The summed E-state index contributed by atoms with van der Waals surface area (Å²) in [5.41, 5.74) is 5.68. The summed E-state index contributed by atoms with van der Waals surface area (Å²) in [6.07, 6.45) is 2.75. The van der Waals surface area contributed by atoms with E-state index in [0.29, 0.717) is 0 Å². The van der Waals surface area contributed by atoms with Gasteiger partial charge in [-0.05, 0) is 62.9 Å². The second-order valence-corrected chi connectivity index (χ2v) is 5.83. The Morgan fingerprint density at radius 3 is 2.44 bits per heavy atom. The van der Waals surface area contributed by atoms with Crippen molar-refractivity contribution in [2.24, 2.45) is 0 Å². The second kappa shape index (κ2) is 5.85. The molecule has 0 atom stereocenters. The van der Waals surface area contributed by atoms with Gasteiger partial charge in [-0.1, -0.05) is 12.1 Å². The molecule has 2 nitrogen and oxygen atoms in total. The van der Waals surface area contributed by atoms with Crippen molar-refractivity contribution >= 4 is 0 Å². The fraction of sp³-hybridized carbons (Fsp3) is 0.625. The maximum absolute atomic E-state index is 3.57. The molecule has 0 spiro atoms. The van der Waals surface area contributed by atoms with E-state index in [1.165, 1.54) is 35.1 Å². The highest BCUT2D eigenvalue weighted by Gasteiger charge is 2.19. The Balaban J connectivity index is 1.85. The summed E-state index contributed by atoms with van der Waals surface area (Å²) in [7, 11) is 2.21. The Morgan fingerprint density at radius 2 is 1.78 bits per heavy atom. The molecule has 0 bridgehead atoms. The summed E-state index contributed by atoms with van der Waals surface area (Å²) in [5.74, 6) is 0. The number of likely N-dealkylation sites (N-methyl/N-ethyl adjacent to an activating group) is 1. The van der Waals surface area contributed by atoms with Crippen LogP contribution in [-0.4, -0.2) is 31.1 Å². The van der Waals surface area contributed by atoms with Crippen molar-refractivity contribution in [3.63, 3.8) is 0 Å². The van der Waals surface area contributed by atoms with Crippen LogP contribution in [-0.2, 0) is 6.54 Å². The average Bonchev–Trinajstić information content (AvgIpc) is 3.10. The standard InChI is InChI=1S/C16H26N2/c1-12-9-14(3)15(10-13(12)2)11-18(4)8-7-17-16-5-6-16/h9-10,16-17H,5-8,11H2,1-4H3. The molecule has 100 valence electrons. The van der Waals surface area contributed by atoms with Crippen LogP contribution in [0.25, 0.3) is 0 Å². The maximum Gasteiger partial charge on any atom is 0.0233 e. The van der Waals surface area contributed by atoms with Crippen molar-refractivity contribution in [3.05, 3.63) is 34.4 Å². The van der Waals surface area contributed by atoms with Gasteiger partial charge in [0.2, 0.25) is 0 Å². The normalized spacial score (nSPS) is 15.4. The Kier molecular flexibility index (Phi) is 4.41. The van der Waals surface area contributed by atoms with Crippen LogP contribution in [0.1, 0.15) is 35.1 Å². The first-order chi connectivity index (χ1) is 8.56. The molecule has 1 aliphatic carbocycles. The molecule has 0 aliphatic heterocycles. The van der Waals surface area contributed by atoms with E-state index in [1.807, 2.05) is 0 Å². The third-order valence-electron chi connectivity index (χ3n) is 3.90. The second-order valence-electron chi connectivity index (χ2n) is 5.83. The largest absolute Gasteiger partial charge is 0.313 e. The molecule has 0 unspecified atom stereocenters. The van der Waals surface area contributed by atoms with E-state index >= 15 is 0 Å². The lowest BCUT2D eigenvalue weighted by molar-refractivity contribution is 0.323. The predicted octanol–water partition coefficient (Wildman–Crippen LogP) is 2.80. The number of rotatable bonds is 6. The summed E-state index contributed by atoms with van der Waals surface area (Å²) in [5, 5.41) is 3.57. The van der Waals surface area contributed by atoms with E-state index in [1.54, 1.807) is 0 Å². The van der Waals surface area contributed by atoms with Crippen molar-refractivity contribution in [1.29, 1.82) is 0 Å². The molecule has 1 aromatic rings.